The fraction of sp³-hybridized carbons (Fsp3) is 0.632. The van der Waals surface area contributed by atoms with Crippen LogP contribution in [0.15, 0.2) is 24.3 Å². The second kappa shape index (κ2) is 8.46. The Labute approximate surface area is 139 Å². The minimum atomic E-state index is 0.0840. The molecule has 0 radical (unpaired) electrons. The van der Waals surface area contributed by atoms with E-state index >= 15 is 0 Å². The van der Waals surface area contributed by atoms with E-state index in [2.05, 4.69) is 16.3 Å². The molecule has 3 rings (SSSR count). The molecule has 4 heteroatoms. The largest absolute Gasteiger partial charge is 0.379 e. The van der Waals surface area contributed by atoms with Gasteiger partial charge in [-0.05, 0) is 30.5 Å². The lowest BCUT2D eigenvalue weighted by atomic mass is 10.1. The molecule has 0 atom stereocenters. The van der Waals surface area contributed by atoms with Gasteiger partial charge in [-0.3, -0.25) is 9.69 Å². The number of benzene rings is 1. The van der Waals surface area contributed by atoms with Gasteiger partial charge in [0, 0.05) is 31.2 Å². The standard InChI is InChI=1S/C19H28N2O2/c22-19(20-18-8-3-1-2-4-9-18)17-7-5-6-16(14-17)15-21-10-12-23-13-11-21/h5-7,14,18H,1-4,8-13,15H2,(H,20,22). The minimum Gasteiger partial charge on any atom is -0.379 e. The summed E-state index contributed by atoms with van der Waals surface area (Å²) < 4.78 is 5.39. The van der Waals surface area contributed by atoms with E-state index < -0.39 is 0 Å². The molecule has 2 fully saturated rings. The van der Waals surface area contributed by atoms with Gasteiger partial charge in [-0.25, -0.2) is 0 Å². The van der Waals surface area contributed by atoms with Crippen molar-refractivity contribution in [3.8, 4) is 0 Å². The normalized spacial score (nSPS) is 20.9. The van der Waals surface area contributed by atoms with Crippen LogP contribution in [0.3, 0.4) is 0 Å². The number of hydrogen-bond acceptors (Lipinski definition) is 3. The van der Waals surface area contributed by atoms with E-state index in [4.69, 9.17) is 4.74 Å². The van der Waals surface area contributed by atoms with Gasteiger partial charge in [0.15, 0.2) is 0 Å². The van der Waals surface area contributed by atoms with E-state index in [1.807, 2.05) is 18.2 Å². The number of nitrogens with zero attached hydrogens (tertiary/aromatic N) is 1. The van der Waals surface area contributed by atoms with Crippen molar-refractivity contribution in [1.82, 2.24) is 10.2 Å². The Bertz CT molecular complexity index is 504. The lowest BCUT2D eigenvalue weighted by molar-refractivity contribution is 0.0342. The van der Waals surface area contributed by atoms with Gasteiger partial charge in [0.2, 0.25) is 0 Å². The zero-order chi connectivity index (χ0) is 15.9. The van der Waals surface area contributed by atoms with Gasteiger partial charge in [0.05, 0.1) is 13.2 Å². The molecule has 1 heterocycles. The number of nitrogens with one attached hydrogen (secondary N) is 1. The highest BCUT2D eigenvalue weighted by molar-refractivity contribution is 5.94. The SMILES string of the molecule is O=C(NC1CCCCCC1)c1cccc(CN2CCOCC2)c1. The molecule has 0 unspecified atom stereocenters. The third kappa shape index (κ3) is 5.05. The summed E-state index contributed by atoms with van der Waals surface area (Å²) in [6.45, 7) is 4.45. The van der Waals surface area contributed by atoms with Crippen LogP contribution in [0.5, 0.6) is 0 Å². The quantitative estimate of drug-likeness (QED) is 0.868. The maximum Gasteiger partial charge on any atom is 0.251 e. The highest BCUT2D eigenvalue weighted by atomic mass is 16.5. The number of rotatable bonds is 4. The highest BCUT2D eigenvalue weighted by Crippen LogP contribution is 2.18. The van der Waals surface area contributed by atoms with E-state index in [1.165, 1.54) is 31.2 Å². The molecule has 1 saturated heterocycles. The monoisotopic (exact) mass is 316 g/mol. The number of hydrogen-bond donors (Lipinski definition) is 1. The van der Waals surface area contributed by atoms with Gasteiger partial charge in [0.25, 0.3) is 5.91 Å². The Morgan fingerprint density at radius 2 is 1.87 bits per heavy atom. The van der Waals surface area contributed by atoms with Gasteiger partial charge in [-0.1, -0.05) is 37.8 Å². The van der Waals surface area contributed by atoms with E-state index in [-0.39, 0.29) is 5.91 Å². The maximum atomic E-state index is 12.5. The van der Waals surface area contributed by atoms with Crippen molar-refractivity contribution in [2.75, 3.05) is 26.3 Å². The lowest BCUT2D eigenvalue weighted by Crippen LogP contribution is -2.36. The van der Waals surface area contributed by atoms with Crippen LogP contribution < -0.4 is 5.32 Å². The molecule has 1 aliphatic heterocycles. The Hall–Kier alpha value is -1.39. The second-order valence-corrected chi connectivity index (χ2v) is 6.75. The van der Waals surface area contributed by atoms with E-state index in [0.29, 0.717) is 6.04 Å². The first-order valence-corrected chi connectivity index (χ1v) is 9.01. The summed E-state index contributed by atoms with van der Waals surface area (Å²) in [4.78, 5) is 14.9. The third-order valence-corrected chi connectivity index (χ3v) is 4.89. The number of carbonyl (C=O) groups is 1. The Kier molecular flexibility index (Phi) is 6.06. The molecule has 0 spiro atoms. The Balaban J connectivity index is 1.58. The summed E-state index contributed by atoms with van der Waals surface area (Å²) in [6, 6.07) is 8.43. The summed E-state index contributed by atoms with van der Waals surface area (Å²) in [5.41, 5.74) is 2.00. The van der Waals surface area contributed by atoms with Crippen LogP contribution in [-0.2, 0) is 11.3 Å². The molecule has 0 aromatic heterocycles. The van der Waals surface area contributed by atoms with Crippen molar-refractivity contribution in [2.24, 2.45) is 0 Å². The van der Waals surface area contributed by atoms with Gasteiger partial charge in [-0.15, -0.1) is 0 Å². The predicted octanol–water partition coefficient (Wildman–Crippen LogP) is 2.97. The average Bonchev–Trinajstić information content (AvgIpc) is 2.85. The molecule has 1 N–H and O–H groups in total. The summed E-state index contributed by atoms with van der Waals surface area (Å²) in [7, 11) is 0. The lowest BCUT2D eigenvalue weighted by Gasteiger charge is -2.26. The number of ether oxygens (including phenoxy) is 1. The Morgan fingerprint density at radius 1 is 1.13 bits per heavy atom. The summed E-state index contributed by atoms with van der Waals surface area (Å²) in [6.07, 6.45) is 7.34. The fourth-order valence-electron chi connectivity index (χ4n) is 3.52. The van der Waals surface area contributed by atoms with Gasteiger partial charge in [-0.2, -0.15) is 0 Å². The van der Waals surface area contributed by atoms with Gasteiger partial charge in [0.1, 0.15) is 0 Å². The molecular weight excluding hydrogens is 288 g/mol. The molecule has 126 valence electrons. The molecule has 23 heavy (non-hydrogen) atoms. The number of morpholine rings is 1. The van der Waals surface area contributed by atoms with Crippen molar-refractivity contribution in [3.63, 3.8) is 0 Å². The Morgan fingerprint density at radius 3 is 2.61 bits per heavy atom. The van der Waals surface area contributed by atoms with E-state index in [1.54, 1.807) is 0 Å². The molecule has 1 amide bonds. The van der Waals surface area contributed by atoms with Crippen molar-refractivity contribution in [3.05, 3.63) is 35.4 Å². The van der Waals surface area contributed by atoms with Crippen LogP contribution in [0.2, 0.25) is 0 Å². The molecule has 1 aromatic carbocycles. The number of amides is 1. The molecule has 1 aromatic rings. The summed E-state index contributed by atoms with van der Waals surface area (Å²) in [5.74, 6) is 0.0840. The number of carbonyl (C=O) groups excluding carboxylic acids is 1. The fourth-order valence-corrected chi connectivity index (χ4v) is 3.52. The van der Waals surface area contributed by atoms with Crippen molar-refractivity contribution >= 4 is 5.91 Å². The molecule has 2 aliphatic rings. The zero-order valence-electron chi connectivity index (χ0n) is 13.9. The first kappa shape index (κ1) is 16.5. The molecule has 1 saturated carbocycles. The van der Waals surface area contributed by atoms with Gasteiger partial charge < -0.3 is 10.1 Å². The average molecular weight is 316 g/mol. The maximum absolute atomic E-state index is 12.5. The van der Waals surface area contributed by atoms with Crippen LogP contribution in [0.1, 0.15) is 54.4 Å². The summed E-state index contributed by atoms with van der Waals surface area (Å²) >= 11 is 0. The van der Waals surface area contributed by atoms with E-state index in [0.717, 1.165) is 51.3 Å². The highest BCUT2D eigenvalue weighted by Gasteiger charge is 2.16. The predicted molar refractivity (Wildman–Crippen MR) is 91.5 cm³/mol. The smallest absolute Gasteiger partial charge is 0.251 e. The van der Waals surface area contributed by atoms with Crippen LogP contribution >= 0.6 is 0 Å². The van der Waals surface area contributed by atoms with Crippen molar-refractivity contribution in [2.45, 2.75) is 51.1 Å². The summed E-state index contributed by atoms with van der Waals surface area (Å²) in [5, 5.41) is 3.23. The first-order chi connectivity index (χ1) is 11.3. The van der Waals surface area contributed by atoms with E-state index in [9.17, 15) is 4.79 Å². The molecular formula is C19H28N2O2. The first-order valence-electron chi connectivity index (χ1n) is 9.01. The van der Waals surface area contributed by atoms with Crippen LogP contribution in [-0.4, -0.2) is 43.2 Å². The minimum absolute atomic E-state index is 0.0840. The van der Waals surface area contributed by atoms with Crippen LogP contribution in [0, 0.1) is 0 Å². The molecule has 4 nitrogen and oxygen atoms in total. The molecule has 1 aliphatic carbocycles. The van der Waals surface area contributed by atoms with Crippen LogP contribution in [0.4, 0.5) is 0 Å². The topological polar surface area (TPSA) is 41.6 Å². The van der Waals surface area contributed by atoms with Crippen molar-refractivity contribution < 1.29 is 9.53 Å². The van der Waals surface area contributed by atoms with Gasteiger partial charge >= 0.3 is 0 Å². The second-order valence-electron chi connectivity index (χ2n) is 6.75. The van der Waals surface area contributed by atoms with Crippen LogP contribution in [0.25, 0.3) is 0 Å². The third-order valence-electron chi connectivity index (χ3n) is 4.89. The zero-order valence-corrected chi connectivity index (χ0v) is 13.9. The molecule has 0 bridgehead atoms. The van der Waals surface area contributed by atoms with Crippen molar-refractivity contribution in [1.29, 1.82) is 0 Å².